The predicted molar refractivity (Wildman–Crippen MR) is 135 cm³/mol. The molecule has 1 fully saturated rings. The SMILES string of the molecule is Cc1cc(/C=C(\C#N)C(=O)Nc2ccc(F)cc2)c(C)n1-c1ccc(N2CCOCC2)c(Br)c1. The van der Waals surface area contributed by atoms with Crippen LogP contribution < -0.4 is 10.2 Å². The number of anilines is 2. The highest BCUT2D eigenvalue weighted by molar-refractivity contribution is 9.10. The molecular weight excluding hydrogens is 499 g/mol. The molecule has 0 radical (unpaired) electrons. The number of rotatable bonds is 5. The first kappa shape index (κ1) is 23.7. The lowest BCUT2D eigenvalue weighted by molar-refractivity contribution is -0.112. The molecule has 0 saturated carbocycles. The number of nitriles is 1. The average molecular weight is 523 g/mol. The summed E-state index contributed by atoms with van der Waals surface area (Å²) < 4.78 is 21.6. The molecule has 1 aliphatic heterocycles. The number of hydrogen-bond acceptors (Lipinski definition) is 4. The monoisotopic (exact) mass is 522 g/mol. The molecular formula is C26H24BrFN4O2. The molecule has 0 aliphatic carbocycles. The van der Waals surface area contributed by atoms with E-state index in [-0.39, 0.29) is 5.57 Å². The Balaban J connectivity index is 1.60. The smallest absolute Gasteiger partial charge is 0.266 e. The number of carbonyl (C=O) groups excluding carboxylic acids is 1. The summed E-state index contributed by atoms with van der Waals surface area (Å²) in [5.41, 5.74) is 5.15. The Hall–Kier alpha value is -3.41. The Morgan fingerprint density at radius 1 is 1.15 bits per heavy atom. The molecule has 1 saturated heterocycles. The molecule has 6 nitrogen and oxygen atoms in total. The maximum absolute atomic E-state index is 13.1. The van der Waals surface area contributed by atoms with Crippen molar-refractivity contribution < 1.29 is 13.9 Å². The van der Waals surface area contributed by atoms with Gasteiger partial charge < -0.3 is 19.5 Å². The summed E-state index contributed by atoms with van der Waals surface area (Å²) in [6.45, 7) is 7.08. The van der Waals surface area contributed by atoms with Gasteiger partial charge in [0.25, 0.3) is 5.91 Å². The van der Waals surface area contributed by atoms with Crippen LogP contribution in [-0.2, 0) is 9.53 Å². The van der Waals surface area contributed by atoms with E-state index in [1.165, 1.54) is 24.3 Å². The summed E-state index contributed by atoms with van der Waals surface area (Å²) in [5, 5.41) is 12.2. The van der Waals surface area contributed by atoms with Crippen molar-refractivity contribution in [1.29, 1.82) is 5.26 Å². The van der Waals surface area contributed by atoms with Crippen molar-refractivity contribution in [3.8, 4) is 11.8 Å². The Labute approximate surface area is 206 Å². The molecule has 1 aliphatic rings. The van der Waals surface area contributed by atoms with Crippen molar-refractivity contribution in [2.24, 2.45) is 0 Å². The standard InChI is InChI=1S/C26H24BrFN4O2/c1-17-13-19(14-20(16-29)26(33)30-22-5-3-21(28)4-6-22)18(2)32(17)23-7-8-25(24(27)15-23)31-9-11-34-12-10-31/h3-8,13-15H,9-12H2,1-2H3,(H,30,33)/b20-14+. The van der Waals surface area contributed by atoms with E-state index in [0.717, 1.165) is 59.1 Å². The van der Waals surface area contributed by atoms with Gasteiger partial charge in [0.15, 0.2) is 0 Å². The fraction of sp³-hybridized carbons (Fsp3) is 0.231. The molecule has 8 heteroatoms. The van der Waals surface area contributed by atoms with Gasteiger partial charge in [-0.2, -0.15) is 5.26 Å². The lowest BCUT2D eigenvalue weighted by atomic mass is 10.1. The first-order valence-corrected chi connectivity index (χ1v) is 11.7. The molecule has 0 unspecified atom stereocenters. The van der Waals surface area contributed by atoms with Crippen LogP contribution in [0.2, 0.25) is 0 Å². The van der Waals surface area contributed by atoms with E-state index in [9.17, 15) is 14.4 Å². The van der Waals surface area contributed by atoms with Crippen LogP contribution >= 0.6 is 15.9 Å². The van der Waals surface area contributed by atoms with E-state index in [2.05, 4.69) is 48.9 Å². The molecule has 174 valence electrons. The summed E-state index contributed by atoms with van der Waals surface area (Å²) in [7, 11) is 0. The van der Waals surface area contributed by atoms with E-state index in [1.54, 1.807) is 6.08 Å². The maximum atomic E-state index is 13.1. The number of amides is 1. The molecule has 4 rings (SSSR count). The predicted octanol–water partition coefficient (Wildman–Crippen LogP) is 5.38. The van der Waals surface area contributed by atoms with Gasteiger partial charge >= 0.3 is 0 Å². The summed E-state index contributed by atoms with van der Waals surface area (Å²) in [4.78, 5) is 14.9. The largest absolute Gasteiger partial charge is 0.378 e. The number of morpholine rings is 1. The van der Waals surface area contributed by atoms with E-state index >= 15 is 0 Å². The van der Waals surface area contributed by atoms with Crippen molar-refractivity contribution in [3.05, 3.63) is 81.3 Å². The van der Waals surface area contributed by atoms with Crippen molar-refractivity contribution in [2.45, 2.75) is 13.8 Å². The molecule has 0 atom stereocenters. The summed E-state index contributed by atoms with van der Waals surface area (Å²) in [6, 6.07) is 15.6. The van der Waals surface area contributed by atoms with Crippen LogP contribution in [0.25, 0.3) is 11.8 Å². The van der Waals surface area contributed by atoms with Gasteiger partial charge in [-0.3, -0.25) is 4.79 Å². The molecule has 2 aromatic carbocycles. The minimum absolute atomic E-state index is 0.0339. The Morgan fingerprint density at radius 2 is 1.85 bits per heavy atom. The fourth-order valence-electron chi connectivity index (χ4n) is 4.06. The molecule has 1 amide bonds. The van der Waals surface area contributed by atoms with Crippen LogP contribution in [0.5, 0.6) is 0 Å². The molecule has 3 aromatic rings. The zero-order valence-electron chi connectivity index (χ0n) is 18.9. The average Bonchev–Trinajstić information content (AvgIpc) is 3.11. The molecule has 34 heavy (non-hydrogen) atoms. The maximum Gasteiger partial charge on any atom is 0.266 e. The molecule has 2 heterocycles. The lowest BCUT2D eigenvalue weighted by Gasteiger charge is -2.30. The Bertz CT molecular complexity index is 1290. The zero-order chi connectivity index (χ0) is 24.2. The van der Waals surface area contributed by atoms with Gasteiger partial charge in [-0.15, -0.1) is 0 Å². The lowest BCUT2D eigenvalue weighted by Crippen LogP contribution is -2.36. The van der Waals surface area contributed by atoms with E-state index < -0.39 is 11.7 Å². The van der Waals surface area contributed by atoms with Crippen LogP contribution in [0.3, 0.4) is 0 Å². The zero-order valence-corrected chi connectivity index (χ0v) is 20.5. The number of nitrogens with zero attached hydrogens (tertiary/aromatic N) is 3. The van der Waals surface area contributed by atoms with Gasteiger partial charge in [0.05, 0.1) is 18.9 Å². The van der Waals surface area contributed by atoms with Crippen LogP contribution in [-0.4, -0.2) is 36.8 Å². The third kappa shape index (κ3) is 5.06. The second-order valence-electron chi connectivity index (χ2n) is 8.03. The van der Waals surface area contributed by atoms with Gasteiger partial charge in [-0.1, -0.05) is 0 Å². The topological polar surface area (TPSA) is 70.3 Å². The van der Waals surface area contributed by atoms with Crippen molar-refractivity contribution >= 4 is 39.3 Å². The summed E-state index contributed by atoms with van der Waals surface area (Å²) >= 11 is 3.72. The van der Waals surface area contributed by atoms with E-state index in [0.29, 0.717) is 5.69 Å². The quantitative estimate of drug-likeness (QED) is 0.360. The number of aryl methyl sites for hydroxylation is 1. The highest BCUT2D eigenvalue weighted by atomic mass is 79.9. The molecule has 1 N–H and O–H groups in total. The number of aromatic nitrogens is 1. The van der Waals surface area contributed by atoms with Gasteiger partial charge in [-0.05, 0) is 89.9 Å². The number of ether oxygens (including phenoxy) is 1. The van der Waals surface area contributed by atoms with Gasteiger partial charge in [-0.25, -0.2) is 4.39 Å². The first-order valence-electron chi connectivity index (χ1n) is 10.9. The number of carbonyl (C=O) groups is 1. The van der Waals surface area contributed by atoms with Gasteiger partial charge in [0, 0.05) is 40.3 Å². The second kappa shape index (κ2) is 10.2. The van der Waals surface area contributed by atoms with Crippen molar-refractivity contribution in [2.75, 3.05) is 36.5 Å². The number of nitrogens with one attached hydrogen (secondary N) is 1. The van der Waals surface area contributed by atoms with E-state index in [1.807, 2.05) is 26.0 Å². The van der Waals surface area contributed by atoms with Crippen LogP contribution in [0.4, 0.5) is 15.8 Å². The third-order valence-corrected chi connectivity index (χ3v) is 6.41. The summed E-state index contributed by atoms with van der Waals surface area (Å²) in [6.07, 6.45) is 1.58. The van der Waals surface area contributed by atoms with Crippen LogP contribution in [0, 0.1) is 31.0 Å². The van der Waals surface area contributed by atoms with Crippen molar-refractivity contribution in [3.63, 3.8) is 0 Å². The minimum atomic E-state index is -0.545. The van der Waals surface area contributed by atoms with Crippen LogP contribution in [0.1, 0.15) is 17.0 Å². The Kier molecular flexibility index (Phi) is 7.15. The number of benzene rings is 2. The first-order chi connectivity index (χ1) is 16.4. The van der Waals surface area contributed by atoms with Crippen molar-refractivity contribution in [1.82, 2.24) is 4.57 Å². The second-order valence-corrected chi connectivity index (χ2v) is 8.88. The summed E-state index contributed by atoms with van der Waals surface area (Å²) in [5.74, 6) is -0.942. The molecule has 1 aromatic heterocycles. The van der Waals surface area contributed by atoms with Crippen LogP contribution in [0.15, 0.2) is 58.6 Å². The Morgan fingerprint density at radius 3 is 2.50 bits per heavy atom. The number of hydrogen-bond donors (Lipinski definition) is 1. The molecule has 0 spiro atoms. The van der Waals surface area contributed by atoms with Gasteiger partial charge in [0.2, 0.25) is 0 Å². The normalized spacial score (nSPS) is 14.1. The van der Waals surface area contributed by atoms with E-state index in [4.69, 9.17) is 4.74 Å². The minimum Gasteiger partial charge on any atom is -0.378 e. The highest BCUT2D eigenvalue weighted by Gasteiger charge is 2.17. The number of halogens is 2. The molecule has 0 bridgehead atoms. The third-order valence-electron chi connectivity index (χ3n) is 5.78. The fourth-order valence-corrected chi connectivity index (χ4v) is 4.68. The highest BCUT2D eigenvalue weighted by Crippen LogP contribution is 2.31. The van der Waals surface area contributed by atoms with Gasteiger partial charge in [0.1, 0.15) is 17.5 Å².